The highest BCUT2D eigenvalue weighted by molar-refractivity contribution is 6.09. The zero-order valence-corrected chi connectivity index (χ0v) is 38.2. The van der Waals surface area contributed by atoms with Gasteiger partial charge in [0.1, 0.15) is 22.3 Å². The van der Waals surface area contributed by atoms with Gasteiger partial charge in [0.2, 0.25) is 0 Å². The SMILES string of the molecule is CC1(C)c2ccccc2-c2ccc(C(CCc3ccc(-c4ccc(-c5ccc6c(c5)oc5ccccc56)cc4)cc3)c3ccc(-c4ccc(-c5cccc6c5oc5ccccc56)cc4)cc3)cc21. The molecule has 0 N–H and O–H groups in total. The Labute approximate surface area is 396 Å². The van der Waals surface area contributed by atoms with E-state index in [0.717, 1.165) is 73.4 Å². The van der Waals surface area contributed by atoms with Crippen LogP contribution in [-0.2, 0) is 11.8 Å². The molecule has 1 aliphatic rings. The third-order valence-electron chi connectivity index (χ3n) is 14.9. The van der Waals surface area contributed by atoms with E-state index in [1.54, 1.807) is 0 Å². The third-order valence-corrected chi connectivity index (χ3v) is 14.9. The Morgan fingerprint density at radius 3 is 1.57 bits per heavy atom. The summed E-state index contributed by atoms with van der Waals surface area (Å²) in [7, 11) is 0. The molecule has 2 aromatic heterocycles. The lowest BCUT2D eigenvalue weighted by Gasteiger charge is -2.24. The molecule has 1 atom stereocenters. The van der Waals surface area contributed by atoms with Gasteiger partial charge in [-0.15, -0.1) is 0 Å². The average Bonchev–Trinajstić information content (AvgIpc) is 4.04. The van der Waals surface area contributed by atoms with Crippen molar-refractivity contribution >= 4 is 43.9 Å². The molecule has 0 spiro atoms. The van der Waals surface area contributed by atoms with Gasteiger partial charge in [0.05, 0.1) is 0 Å². The van der Waals surface area contributed by atoms with E-state index < -0.39 is 0 Å². The molecule has 10 aromatic carbocycles. The Balaban J connectivity index is 0.767. The number of aryl methyl sites for hydroxylation is 1. The highest BCUT2D eigenvalue weighted by Crippen LogP contribution is 2.50. The van der Waals surface area contributed by atoms with Crippen molar-refractivity contribution < 1.29 is 8.83 Å². The molecule has 0 aliphatic heterocycles. The predicted octanol–water partition coefficient (Wildman–Crippen LogP) is 18.2. The van der Waals surface area contributed by atoms with Gasteiger partial charge in [-0.25, -0.2) is 0 Å². The summed E-state index contributed by atoms with van der Waals surface area (Å²) < 4.78 is 12.6. The van der Waals surface area contributed by atoms with Crippen LogP contribution in [0.5, 0.6) is 0 Å². The Hall–Kier alpha value is -8.20. The number of hydrogen-bond acceptors (Lipinski definition) is 2. The van der Waals surface area contributed by atoms with E-state index in [-0.39, 0.29) is 11.3 Å². The second kappa shape index (κ2) is 16.0. The van der Waals surface area contributed by atoms with Crippen LogP contribution in [0, 0.1) is 0 Å². The van der Waals surface area contributed by atoms with Gasteiger partial charge in [0, 0.05) is 38.4 Å². The minimum atomic E-state index is -0.0609. The van der Waals surface area contributed by atoms with Crippen molar-refractivity contribution in [3.8, 4) is 55.6 Å². The zero-order valence-electron chi connectivity index (χ0n) is 38.2. The van der Waals surface area contributed by atoms with Gasteiger partial charge in [-0.1, -0.05) is 214 Å². The topological polar surface area (TPSA) is 26.3 Å². The molecule has 13 rings (SSSR count). The van der Waals surface area contributed by atoms with Crippen LogP contribution in [-0.4, -0.2) is 0 Å². The van der Waals surface area contributed by atoms with Crippen LogP contribution in [0.2, 0.25) is 0 Å². The summed E-state index contributed by atoms with van der Waals surface area (Å²) >= 11 is 0. The predicted molar refractivity (Wildman–Crippen MR) is 283 cm³/mol. The molecule has 0 fully saturated rings. The van der Waals surface area contributed by atoms with Gasteiger partial charge in [-0.3, -0.25) is 0 Å². The number of fused-ring (bicyclic) bond motifs is 9. The maximum absolute atomic E-state index is 6.38. The van der Waals surface area contributed by atoms with Crippen molar-refractivity contribution in [2.75, 3.05) is 0 Å². The lowest BCUT2D eigenvalue weighted by Crippen LogP contribution is -2.15. The van der Waals surface area contributed by atoms with E-state index >= 15 is 0 Å². The van der Waals surface area contributed by atoms with Gasteiger partial charge in [-0.2, -0.15) is 0 Å². The Morgan fingerprint density at radius 1 is 0.353 bits per heavy atom. The number of benzene rings is 10. The Bertz CT molecular complexity index is 3840. The standard InChI is InChI=1S/C66H48O2/c1-66(2)60-15-6-3-10-54(60)55-38-36-51(40-61(55)66)52(48-31-27-45(28-32-48)46-29-33-49(34-30-46)53-13-9-14-59-57-12-5-8-17-63(57)68-65(53)59)37-20-42-18-21-43(22-19-42)44-23-25-47(26-24-44)50-35-39-58-56-11-4-7-16-62(56)67-64(58)41-50/h3-19,21-36,38-41,52H,20,37H2,1-2H3. The highest BCUT2D eigenvalue weighted by atomic mass is 16.3. The molecule has 2 nitrogen and oxygen atoms in total. The molecular formula is C66H48O2. The smallest absolute Gasteiger partial charge is 0.143 e. The molecular weight excluding hydrogens is 825 g/mol. The third kappa shape index (κ3) is 6.78. The van der Waals surface area contributed by atoms with Crippen LogP contribution in [0.4, 0.5) is 0 Å². The second-order valence-electron chi connectivity index (χ2n) is 19.1. The van der Waals surface area contributed by atoms with Gasteiger partial charge in [-0.05, 0) is 115 Å². The molecule has 0 saturated heterocycles. The second-order valence-corrected chi connectivity index (χ2v) is 19.1. The number of hydrogen-bond donors (Lipinski definition) is 0. The molecule has 68 heavy (non-hydrogen) atoms. The molecule has 0 saturated carbocycles. The first-order chi connectivity index (χ1) is 33.4. The first-order valence-electron chi connectivity index (χ1n) is 23.9. The quantitative estimate of drug-likeness (QED) is 0.144. The monoisotopic (exact) mass is 872 g/mol. The van der Waals surface area contributed by atoms with Crippen molar-refractivity contribution in [2.45, 2.75) is 38.0 Å². The summed E-state index contributed by atoms with van der Waals surface area (Å²) in [4.78, 5) is 0. The van der Waals surface area contributed by atoms with Gasteiger partial charge in [0.25, 0.3) is 0 Å². The molecule has 324 valence electrons. The summed E-state index contributed by atoms with van der Waals surface area (Å²) in [5.74, 6) is 0.228. The van der Waals surface area contributed by atoms with Crippen LogP contribution in [0.3, 0.4) is 0 Å². The minimum Gasteiger partial charge on any atom is -0.456 e. The maximum atomic E-state index is 6.38. The van der Waals surface area contributed by atoms with Crippen molar-refractivity contribution in [1.29, 1.82) is 0 Å². The van der Waals surface area contributed by atoms with E-state index in [2.05, 4.69) is 214 Å². The van der Waals surface area contributed by atoms with E-state index in [1.165, 1.54) is 66.8 Å². The largest absolute Gasteiger partial charge is 0.456 e. The fourth-order valence-electron chi connectivity index (χ4n) is 11.1. The van der Waals surface area contributed by atoms with E-state index in [4.69, 9.17) is 8.83 Å². The molecule has 0 radical (unpaired) electrons. The van der Waals surface area contributed by atoms with Gasteiger partial charge in [0.15, 0.2) is 0 Å². The lowest BCUT2D eigenvalue weighted by molar-refractivity contribution is 0.654. The molecule has 1 unspecified atom stereocenters. The zero-order chi connectivity index (χ0) is 45.3. The molecule has 2 heteroatoms. The Kier molecular flexibility index (Phi) is 9.44. The van der Waals surface area contributed by atoms with Crippen LogP contribution in [0.1, 0.15) is 54.0 Å². The van der Waals surface area contributed by atoms with Gasteiger partial charge < -0.3 is 8.83 Å². The molecule has 0 amide bonds. The summed E-state index contributed by atoms with van der Waals surface area (Å²) in [6.45, 7) is 4.76. The summed E-state index contributed by atoms with van der Waals surface area (Å²) in [5.41, 5.74) is 22.7. The molecule has 2 heterocycles. The van der Waals surface area contributed by atoms with Crippen molar-refractivity contribution in [1.82, 2.24) is 0 Å². The minimum absolute atomic E-state index is 0.0609. The van der Waals surface area contributed by atoms with Crippen LogP contribution in [0.25, 0.3) is 99.5 Å². The fraction of sp³-hybridized carbons (Fsp3) is 0.0909. The van der Waals surface area contributed by atoms with Crippen molar-refractivity contribution in [2.24, 2.45) is 0 Å². The molecule has 1 aliphatic carbocycles. The van der Waals surface area contributed by atoms with Crippen molar-refractivity contribution in [3.63, 3.8) is 0 Å². The van der Waals surface area contributed by atoms with E-state index in [0.29, 0.717) is 0 Å². The normalized spacial score (nSPS) is 13.3. The average molecular weight is 873 g/mol. The first kappa shape index (κ1) is 40.1. The molecule has 12 aromatic rings. The molecule has 0 bridgehead atoms. The van der Waals surface area contributed by atoms with Gasteiger partial charge >= 0.3 is 0 Å². The summed E-state index contributed by atoms with van der Waals surface area (Å²) in [6.07, 6.45) is 1.97. The first-order valence-corrected chi connectivity index (χ1v) is 23.9. The maximum Gasteiger partial charge on any atom is 0.143 e. The fourth-order valence-corrected chi connectivity index (χ4v) is 11.1. The number of rotatable bonds is 9. The summed E-state index contributed by atoms with van der Waals surface area (Å²) in [6, 6.07) is 82.1. The highest BCUT2D eigenvalue weighted by Gasteiger charge is 2.35. The van der Waals surface area contributed by atoms with E-state index in [1.807, 2.05) is 24.3 Å². The van der Waals surface area contributed by atoms with Crippen LogP contribution >= 0.6 is 0 Å². The number of para-hydroxylation sites is 3. The Morgan fingerprint density at radius 2 is 0.853 bits per heavy atom. The van der Waals surface area contributed by atoms with Crippen molar-refractivity contribution in [3.05, 3.63) is 252 Å². The van der Waals surface area contributed by atoms with Crippen LogP contribution < -0.4 is 0 Å². The lowest BCUT2D eigenvalue weighted by atomic mass is 9.79. The van der Waals surface area contributed by atoms with Crippen LogP contribution in [0.15, 0.2) is 233 Å². The van der Waals surface area contributed by atoms with E-state index in [9.17, 15) is 0 Å². The number of furan rings is 2. The summed E-state index contributed by atoms with van der Waals surface area (Å²) in [5, 5.41) is 4.61.